The van der Waals surface area contributed by atoms with Gasteiger partial charge in [-0.3, -0.25) is 9.59 Å². The molecule has 2 saturated heterocycles. The Morgan fingerprint density at radius 2 is 1.79 bits per heavy atom. The van der Waals surface area contributed by atoms with E-state index in [1.165, 1.54) is 0 Å². The molecule has 0 bridgehead atoms. The van der Waals surface area contributed by atoms with Crippen LogP contribution >= 0.6 is 0 Å². The fourth-order valence-corrected chi connectivity index (χ4v) is 3.43. The largest absolute Gasteiger partial charge is 0.458 e. The minimum absolute atomic E-state index is 0.0207. The van der Waals surface area contributed by atoms with Gasteiger partial charge in [-0.2, -0.15) is 0 Å². The molecule has 0 radical (unpaired) electrons. The first-order valence-corrected chi connectivity index (χ1v) is 8.61. The lowest BCUT2D eigenvalue weighted by Gasteiger charge is -2.37. The van der Waals surface area contributed by atoms with Crippen LogP contribution in [0.15, 0.2) is 18.5 Å². The lowest BCUT2D eigenvalue weighted by Crippen LogP contribution is -2.49. The van der Waals surface area contributed by atoms with Gasteiger partial charge in [-0.15, -0.1) is 0 Å². The van der Waals surface area contributed by atoms with Gasteiger partial charge in [-0.05, 0) is 31.7 Å². The van der Waals surface area contributed by atoms with Gasteiger partial charge in [0.25, 0.3) is 0 Å². The summed E-state index contributed by atoms with van der Waals surface area (Å²) in [6.07, 6.45) is 6.58. The van der Waals surface area contributed by atoms with Gasteiger partial charge in [0, 0.05) is 44.9 Å². The van der Waals surface area contributed by atoms with Gasteiger partial charge in [0.1, 0.15) is 6.10 Å². The molecule has 130 valence electrons. The lowest BCUT2D eigenvalue weighted by molar-refractivity contribution is -0.142. The zero-order chi connectivity index (χ0) is 16.9. The van der Waals surface area contributed by atoms with Gasteiger partial charge >= 0.3 is 6.01 Å². The predicted molar refractivity (Wildman–Crippen MR) is 87.2 cm³/mol. The number of carbonyl (C=O) groups is 2. The summed E-state index contributed by atoms with van der Waals surface area (Å²) in [4.78, 5) is 36.1. The molecule has 0 aromatic carbocycles. The van der Waals surface area contributed by atoms with Crippen molar-refractivity contribution in [1.29, 1.82) is 0 Å². The van der Waals surface area contributed by atoms with Crippen molar-refractivity contribution < 1.29 is 14.3 Å². The van der Waals surface area contributed by atoms with Crippen molar-refractivity contribution in [3.05, 3.63) is 18.5 Å². The number of hydrogen-bond donors (Lipinski definition) is 0. The molecule has 2 aliphatic heterocycles. The van der Waals surface area contributed by atoms with Crippen LogP contribution < -0.4 is 4.74 Å². The van der Waals surface area contributed by atoms with E-state index in [1.54, 1.807) is 25.4 Å². The van der Waals surface area contributed by atoms with Crippen LogP contribution in [0.2, 0.25) is 0 Å². The smallest absolute Gasteiger partial charge is 0.316 e. The average molecular weight is 332 g/mol. The van der Waals surface area contributed by atoms with Crippen molar-refractivity contribution in [2.45, 2.75) is 38.7 Å². The van der Waals surface area contributed by atoms with Crippen LogP contribution in [0.4, 0.5) is 0 Å². The molecule has 0 aliphatic carbocycles. The van der Waals surface area contributed by atoms with E-state index in [-0.39, 0.29) is 23.8 Å². The quantitative estimate of drug-likeness (QED) is 0.829. The monoisotopic (exact) mass is 332 g/mol. The van der Waals surface area contributed by atoms with Crippen molar-refractivity contribution in [3.8, 4) is 6.01 Å². The Bertz CT molecular complexity index is 572. The second-order valence-corrected chi connectivity index (χ2v) is 6.48. The number of hydrogen-bond acceptors (Lipinski definition) is 5. The Morgan fingerprint density at radius 3 is 2.46 bits per heavy atom. The van der Waals surface area contributed by atoms with Crippen LogP contribution in [-0.4, -0.2) is 63.9 Å². The summed E-state index contributed by atoms with van der Waals surface area (Å²) >= 11 is 0. The Labute approximate surface area is 142 Å². The molecule has 7 heteroatoms. The van der Waals surface area contributed by atoms with Crippen LogP contribution in [0.3, 0.4) is 0 Å². The molecule has 1 aromatic rings. The summed E-state index contributed by atoms with van der Waals surface area (Å²) in [6.45, 7) is 4.31. The number of ether oxygens (including phenoxy) is 1. The molecule has 2 amide bonds. The molecule has 1 aromatic heterocycles. The van der Waals surface area contributed by atoms with Gasteiger partial charge in [0.05, 0.1) is 6.54 Å². The summed E-state index contributed by atoms with van der Waals surface area (Å²) in [5.74, 6) is 0.308. The van der Waals surface area contributed by atoms with E-state index in [1.807, 2.05) is 9.80 Å². The number of piperidine rings is 2. The Morgan fingerprint density at radius 1 is 1.08 bits per heavy atom. The standard InChI is InChI=1S/C17H24N4O3/c1-13(22)20-10-5-14(6-11-20)16(23)21-9-2-4-15(12-21)24-17-18-7-3-8-19-17/h3,7-8,14-15H,2,4-6,9-12H2,1H3/t15-/m0/s1. The van der Waals surface area contributed by atoms with E-state index < -0.39 is 0 Å². The maximum Gasteiger partial charge on any atom is 0.316 e. The van der Waals surface area contributed by atoms with Crippen molar-refractivity contribution in [2.75, 3.05) is 26.2 Å². The molecule has 24 heavy (non-hydrogen) atoms. The molecule has 0 N–H and O–H groups in total. The van der Waals surface area contributed by atoms with Crippen molar-refractivity contribution in [2.24, 2.45) is 5.92 Å². The summed E-state index contributed by atoms with van der Waals surface area (Å²) in [6, 6.07) is 2.11. The molecule has 2 aliphatic rings. The van der Waals surface area contributed by atoms with Crippen LogP contribution in [-0.2, 0) is 9.59 Å². The maximum absolute atomic E-state index is 12.8. The highest BCUT2D eigenvalue weighted by Gasteiger charge is 2.32. The predicted octanol–water partition coefficient (Wildman–Crippen LogP) is 1.10. The maximum atomic E-state index is 12.8. The molecule has 2 fully saturated rings. The minimum atomic E-state index is -0.0533. The number of aromatic nitrogens is 2. The molecule has 0 unspecified atom stereocenters. The highest BCUT2D eigenvalue weighted by Crippen LogP contribution is 2.23. The summed E-state index contributed by atoms with van der Waals surface area (Å²) < 4.78 is 5.80. The van der Waals surface area contributed by atoms with E-state index in [0.717, 1.165) is 32.2 Å². The molecule has 0 spiro atoms. The van der Waals surface area contributed by atoms with Gasteiger partial charge in [-0.1, -0.05) is 0 Å². The summed E-state index contributed by atoms with van der Waals surface area (Å²) in [5.41, 5.74) is 0. The fraction of sp³-hybridized carbons (Fsp3) is 0.647. The molecular weight excluding hydrogens is 308 g/mol. The van der Waals surface area contributed by atoms with Gasteiger partial charge < -0.3 is 14.5 Å². The zero-order valence-corrected chi connectivity index (χ0v) is 14.1. The van der Waals surface area contributed by atoms with E-state index in [2.05, 4.69) is 9.97 Å². The third kappa shape index (κ3) is 4.01. The van der Waals surface area contributed by atoms with Gasteiger partial charge in [0.2, 0.25) is 11.8 Å². The van der Waals surface area contributed by atoms with Crippen molar-refractivity contribution in [3.63, 3.8) is 0 Å². The van der Waals surface area contributed by atoms with Gasteiger partial charge in [-0.25, -0.2) is 9.97 Å². The Balaban J connectivity index is 1.53. The topological polar surface area (TPSA) is 75.6 Å². The molecule has 1 atom stereocenters. The molecule has 3 rings (SSSR count). The number of likely N-dealkylation sites (tertiary alicyclic amines) is 2. The number of amides is 2. The Kier molecular flexibility index (Phi) is 5.27. The summed E-state index contributed by atoms with van der Waals surface area (Å²) in [7, 11) is 0. The SMILES string of the molecule is CC(=O)N1CCC(C(=O)N2CCC[C@H](Oc3ncccn3)C2)CC1. The highest BCUT2D eigenvalue weighted by molar-refractivity contribution is 5.80. The highest BCUT2D eigenvalue weighted by atomic mass is 16.5. The van der Waals surface area contributed by atoms with Crippen LogP contribution in [0, 0.1) is 5.92 Å². The number of carbonyl (C=O) groups excluding carboxylic acids is 2. The molecule has 3 heterocycles. The molecule has 7 nitrogen and oxygen atoms in total. The van der Waals surface area contributed by atoms with Gasteiger partial charge in [0.15, 0.2) is 0 Å². The number of rotatable bonds is 3. The first-order chi connectivity index (χ1) is 11.6. The molecular formula is C17H24N4O3. The van der Waals surface area contributed by atoms with E-state index in [0.29, 0.717) is 25.6 Å². The third-order valence-corrected chi connectivity index (χ3v) is 4.79. The number of nitrogens with zero attached hydrogens (tertiary/aromatic N) is 4. The first-order valence-electron chi connectivity index (χ1n) is 8.61. The second-order valence-electron chi connectivity index (χ2n) is 6.48. The third-order valence-electron chi connectivity index (χ3n) is 4.79. The van der Waals surface area contributed by atoms with Crippen LogP contribution in [0.5, 0.6) is 6.01 Å². The zero-order valence-electron chi connectivity index (χ0n) is 14.1. The fourth-order valence-electron chi connectivity index (χ4n) is 3.43. The average Bonchev–Trinajstić information content (AvgIpc) is 2.62. The van der Waals surface area contributed by atoms with E-state index >= 15 is 0 Å². The lowest BCUT2D eigenvalue weighted by atomic mass is 9.94. The summed E-state index contributed by atoms with van der Waals surface area (Å²) in [5, 5.41) is 0. The Hall–Kier alpha value is -2.18. The van der Waals surface area contributed by atoms with Crippen molar-refractivity contribution in [1.82, 2.24) is 19.8 Å². The molecule has 0 saturated carbocycles. The minimum Gasteiger partial charge on any atom is -0.458 e. The van der Waals surface area contributed by atoms with Crippen molar-refractivity contribution >= 4 is 11.8 Å². The van der Waals surface area contributed by atoms with Crippen LogP contribution in [0.1, 0.15) is 32.6 Å². The first kappa shape index (κ1) is 16.7. The van der Waals surface area contributed by atoms with E-state index in [9.17, 15) is 9.59 Å². The second kappa shape index (κ2) is 7.59. The van der Waals surface area contributed by atoms with E-state index in [4.69, 9.17) is 4.74 Å². The van der Waals surface area contributed by atoms with Crippen LogP contribution in [0.25, 0.3) is 0 Å². The normalized spacial score (nSPS) is 22.3.